The molecule has 2 atom stereocenters. The maximum absolute atomic E-state index is 4.61. The average molecular weight is 154 g/mol. The summed E-state index contributed by atoms with van der Waals surface area (Å²) in [6.07, 6.45) is 2.26. The Bertz CT molecular complexity index is 152. The van der Waals surface area contributed by atoms with Crippen molar-refractivity contribution in [1.82, 2.24) is 5.32 Å². The second-order valence-electron chi connectivity index (χ2n) is 3.19. The third kappa shape index (κ3) is 2.03. The fourth-order valence-electron chi connectivity index (χ4n) is 1.57. The zero-order valence-corrected chi connectivity index (χ0v) is 7.72. The predicted molar refractivity (Wildman–Crippen MR) is 49.3 cm³/mol. The Morgan fingerprint density at radius 2 is 2.27 bits per heavy atom. The quantitative estimate of drug-likeness (QED) is 0.642. The molecule has 1 rings (SSSR count). The summed E-state index contributed by atoms with van der Waals surface area (Å²) in [6, 6.07) is 1.03. The van der Waals surface area contributed by atoms with Crippen LogP contribution in [0.25, 0.3) is 0 Å². The van der Waals surface area contributed by atoms with E-state index in [1.807, 2.05) is 0 Å². The number of hydrogen-bond acceptors (Lipinski definition) is 2. The van der Waals surface area contributed by atoms with Crippen molar-refractivity contribution >= 4 is 5.71 Å². The predicted octanol–water partition coefficient (Wildman–Crippen LogP) is 1.61. The molecule has 1 aliphatic rings. The molecule has 1 aliphatic heterocycles. The summed E-state index contributed by atoms with van der Waals surface area (Å²) in [4.78, 5) is 4.61. The number of rotatable bonds is 2. The van der Waals surface area contributed by atoms with E-state index in [0.717, 1.165) is 13.0 Å². The molecule has 0 saturated heterocycles. The van der Waals surface area contributed by atoms with Gasteiger partial charge in [0.15, 0.2) is 0 Å². The standard InChI is InChI=1S/C9H18N2/c1-4-8-9(5-2)11-7(3)6-10-8/h7-8,10H,4-6H2,1-3H3/t7-,8-/m1/s1. The van der Waals surface area contributed by atoms with Crippen molar-refractivity contribution in [3.63, 3.8) is 0 Å². The first-order chi connectivity index (χ1) is 5.27. The molecule has 0 amide bonds. The van der Waals surface area contributed by atoms with Gasteiger partial charge in [0.1, 0.15) is 0 Å². The van der Waals surface area contributed by atoms with Gasteiger partial charge in [-0.2, -0.15) is 0 Å². The van der Waals surface area contributed by atoms with Crippen LogP contribution in [-0.2, 0) is 0 Å². The first-order valence-electron chi connectivity index (χ1n) is 4.57. The van der Waals surface area contributed by atoms with Crippen LogP contribution < -0.4 is 5.32 Å². The Hall–Kier alpha value is -0.370. The van der Waals surface area contributed by atoms with Gasteiger partial charge in [0.2, 0.25) is 0 Å². The van der Waals surface area contributed by atoms with Crippen LogP contribution in [0.2, 0.25) is 0 Å². The van der Waals surface area contributed by atoms with Crippen LogP contribution in [0.4, 0.5) is 0 Å². The normalized spacial score (nSPS) is 31.7. The fraction of sp³-hybridized carbons (Fsp3) is 0.889. The second kappa shape index (κ2) is 3.86. The number of aliphatic imine (C=N–C) groups is 1. The van der Waals surface area contributed by atoms with E-state index in [9.17, 15) is 0 Å². The minimum Gasteiger partial charge on any atom is -0.307 e. The molecule has 0 radical (unpaired) electrons. The van der Waals surface area contributed by atoms with Gasteiger partial charge in [0.05, 0.1) is 6.04 Å². The van der Waals surface area contributed by atoms with Crippen LogP contribution in [0, 0.1) is 0 Å². The summed E-state index contributed by atoms with van der Waals surface area (Å²) in [5, 5.41) is 3.49. The van der Waals surface area contributed by atoms with Crippen LogP contribution in [0.1, 0.15) is 33.6 Å². The molecular weight excluding hydrogens is 136 g/mol. The van der Waals surface area contributed by atoms with Crippen molar-refractivity contribution in [1.29, 1.82) is 0 Å². The van der Waals surface area contributed by atoms with Crippen molar-refractivity contribution in [2.45, 2.75) is 45.7 Å². The van der Waals surface area contributed by atoms with Gasteiger partial charge in [-0.15, -0.1) is 0 Å². The fourth-order valence-corrected chi connectivity index (χ4v) is 1.57. The average Bonchev–Trinajstić information content (AvgIpc) is 2.04. The lowest BCUT2D eigenvalue weighted by Crippen LogP contribution is -2.44. The summed E-state index contributed by atoms with van der Waals surface area (Å²) in [5.74, 6) is 0. The lowest BCUT2D eigenvalue weighted by atomic mass is 10.0. The van der Waals surface area contributed by atoms with E-state index in [4.69, 9.17) is 0 Å². The van der Waals surface area contributed by atoms with Gasteiger partial charge < -0.3 is 5.32 Å². The third-order valence-corrected chi connectivity index (χ3v) is 2.22. The maximum Gasteiger partial charge on any atom is 0.0596 e. The Kier molecular flexibility index (Phi) is 3.06. The van der Waals surface area contributed by atoms with Crippen LogP contribution in [0.5, 0.6) is 0 Å². The zero-order valence-electron chi connectivity index (χ0n) is 7.72. The van der Waals surface area contributed by atoms with Gasteiger partial charge in [-0.1, -0.05) is 13.8 Å². The molecule has 0 aromatic carbocycles. The molecule has 0 aliphatic carbocycles. The van der Waals surface area contributed by atoms with E-state index in [1.165, 1.54) is 12.1 Å². The van der Waals surface area contributed by atoms with Gasteiger partial charge in [-0.05, 0) is 19.8 Å². The molecule has 64 valence electrons. The summed E-state index contributed by atoms with van der Waals surface area (Å²) in [5.41, 5.74) is 1.35. The van der Waals surface area contributed by atoms with Gasteiger partial charge in [0.25, 0.3) is 0 Å². The minimum absolute atomic E-state index is 0.479. The molecule has 2 nitrogen and oxygen atoms in total. The lowest BCUT2D eigenvalue weighted by molar-refractivity contribution is 0.520. The van der Waals surface area contributed by atoms with Crippen LogP contribution in [0.3, 0.4) is 0 Å². The third-order valence-electron chi connectivity index (χ3n) is 2.22. The highest BCUT2D eigenvalue weighted by atomic mass is 15.0. The van der Waals surface area contributed by atoms with Crippen molar-refractivity contribution in [3.05, 3.63) is 0 Å². The number of hydrogen-bond donors (Lipinski definition) is 1. The molecule has 0 aromatic heterocycles. The molecule has 0 aromatic rings. The number of nitrogens with one attached hydrogen (secondary N) is 1. The van der Waals surface area contributed by atoms with E-state index in [1.54, 1.807) is 0 Å². The molecule has 1 N–H and O–H groups in total. The Morgan fingerprint density at radius 3 is 2.82 bits per heavy atom. The van der Waals surface area contributed by atoms with Gasteiger partial charge in [-0.3, -0.25) is 4.99 Å². The van der Waals surface area contributed by atoms with Crippen LogP contribution in [0.15, 0.2) is 4.99 Å². The summed E-state index contributed by atoms with van der Waals surface area (Å²) < 4.78 is 0. The second-order valence-corrected chi connectivity index (χ2v) is 3.19. The van der Waals surface area contributed by atoms with E-state index >= 15 is 0 Å². The first kappa shape index (κ1) is 8.72. The molecule has 0 bridgehead atoms. The Labute approximate surface area is 69.1 Å². The highest BCUT2D eigenvalue weighted by molar-refractivity contribution is 5.90. The highest BCUT2D eigenvalue weighted by Crippen LogP contribution is 2.07. The van der Waals surface area contributed by atoms with Crippen LogP contribution >= 0.6 is 0 Å². The Morgan fingerprint density at radius 1 is 1.55 bits per heavy atom. The molecule has 0 unspecified atom stereocenters. The van der Waals surface area contributed by atoms with Crippen molar-refractivity contribution < 1.29 is 0 Å². The van der Waals surface area contributed by atoms with Crippen molar-refractivity contribution in [2.24, 2.45) is 4.99 Å². The molecule has 1 heterocycles. The summed E-state index contributed by atoms with van der Waals surface area (Å²) in [7, 11) is 0. The molecule has 0 saturated carbocycles. The Balaban J connectivity index is 2.63. The van der Waals surface area contributed by atoms with Gasteiger partial charge in [-0.25, -0.2) is 0 Å². The zero-order chi connectivity index (χ0) is 8.27. The largest absolute Gasteiger partial charge is 0.307 e. The smallest absolute Gasteiger partial charge is 0.0596 e. The molecular formula is C9H18N2. The van der Waals surface area contributed by atoms with E-state index in [2.05, 4.69) is 31.1 Å². The molecule has 0 fully saturated rings. The SMILES string of the molecule is CCC1=N[C@H](C)CN[C@@H]1CC. The number of nitrogens with zero attached hydrogens (tertiary/aromatic N) is 1. The molecule has 11 heavy (non-hydrogen) atoms. The first-order valence-corrected chi connectivity index (χ1v) is 4.57. The van der Waals surface area contributed by atoms with E-state index in [0.29, 0.717) is 12.1 Å². The minimum atomic E-state index is 0.479. The van der Waals surface area contributed by atoms with E-state index < -0.39 is 0 Å². The monoisotopic (exact) mass is 154 g/mol. The summed E-state index contributed by atoms with van der Waals surface area (Å²) in [6.45, 7) is 7.59. The van der Waals surface area contributed by atoms with Crippen molar-refractivity contribution in [3.8, 4) is 0 Å². The van der Waals surface area contributed by atoms with Gasteiger partial charge in [0, 0.05) is 18.3 Å². The maximum atomic E-state index is 4.61. The summed E-state index contributed by atoms with van der Waals surface area (Å²) >= 11 is 0. The van der Waals surface area contributed by atoms with Crippen LogP contribution in [-0.4, -0.2) is 24.3 Å². The van der Waals surface area contributed by atoms with Gasteiger partial charge >= 0.3 is 0 Å². The topological polar surface area (TPSA) is 24.4 Å². The van der Waals surface area contributed by atoms with Crippen molar-refractivity contribution in [2.75, 3.05) is 6.54 Å². The molecule has 0 spiro atoms. The lowest BCUT2D eigenvalue weighted by Gasteiger charge is -2.26. The highest BCUT2D eigenvalue weighted by Gasteiger charge is 2.17. The molecule has 2 heteroatoms. The van der Waals surface area contributed by atoms with E-state index in [-0.39, 0.29) is 0 Å².